The number of rotatable bonds is 3. The lowest BCUT2D eigenvalue weighted by atomic mass is 9.71. The molecule has 1 aliphatic carbocycles. The zero-order valence-corrected chi connectivity index (χ0v) is 12.0. The predicted octanol–water partition coefficient (Wildman–Crippen LogP) is 4.32. The van der Waals surface area contributed by atoms with Crippen LogP contribution in [0.1, 0.15) is 44.6 Å². The van der Waals surface area contributed by atoms with Crippen LogP contribution in [0.3, 0.4) is 0 Å². The largest absolute Gasteiger partial charge is 0.389 e. The zero-order valence-electron chi connectivity index (χ0n) is 10.5. The van der Waals surface area contributed by atoms with Crippen LogP contribution < -0.4 is 0 Å². The number of halogens is 1. The van der Waals surface area contributed by atoms with Crippen molar-refractivity contribution in [1.82, 2.24) is 0 Å². The average Bonchev–Trinajstić information content (AvgIpc) is 2.29. The molecule has 0 aliphatic heterocycles. The molecule has 17 heavy (non-hydrogen) atoms. The molecule has 2 heteroatoms. The summed E-state index contributed by atoms with van der Waals surface area (Å²) in [6.45, 7) is 2.20. The quantitative estimate of drug-likeness (QED) is 0.880. The molecular weight excluding hydrogens is 276 g/mol. The van der Waals surface area contributed by atoms with Crippen molar-refractivity contribution in [1.29, 1.82) is 0 Å². The van der Waals surface area contributed by atoms with Gasteiger partial charge in [-0.1, -0.05) is 54.2 Å². The summed E-state index contributed by atoms with van der Waals surface area (Å²) in [7, 11) is 0. The molecule has 0 saturated heterocycles. The molecule has 2 atom stereocenters. The lowest BCUT2D eigenvalue weighted by Crippen LogP contribution is -2.42. The van der Waals surface area contributed by atoms with E-state index in [1.165, 1.54) is 24.8 Å². The van der Waals surface area contributed by atoms with Crippen LogP contribution in [0, 0.1) is 5.92 Å². The maximum atomic E-state index is 10.9. The molecule has 0 radical (unpaired) electrons. The average molecular weight is 297 g/mol. The van der Waals surface area contributed by atoms with E-state index < -0.39 is 5.60 Å². The summed E-state index contributed by atoms with van der Waals surface area (Å²) < 4.78 is 1.10. The molecule has 0 bridgehead atoms. The van der Waals surface area contributed by atoms with Crippen molar-refractivity contribution in [2.24, 2.45) is 5.92 Å². The molecule has 0 aromatic heterocycles. The first-order chi connectivity index (χ1) is 8.14. The minimum absolute atomic E-state index is 0.468. The first-order valence-corrected chi connectivity index (χ1v) is 7.40. The molecule has 1 saturated carbocycles. The van der Waals surface area contributed by atoms with E-state index in [1.807, 2.05) is 12.1 Å². The Bertz CT molecular complexity index is 377. The lowest BCUT2D eigenvalue weighted by molar-refractivity contribution is -0.0491. The van der Waals surface area contributed by atoms with E-state index in [9.17, 15) is 5.11 Å². The summed E-state index contributed by atoms with van der Waals surface area (Å²) in [5.74, 6) is 0.468. The van der Waals surface area contributed by atoms with Gasteiger partial charge in [-0.25, -0.2) is 0 Å². The third-order valence-electron chi connectivity index (χ3n) is 4.06. The van der Waals surface area contributed by atoms with E-state index in [-0.39, 0.29) is 0 Å². The Kier molecular flexibility index (Phi) is 4.26. The van der Waals surface area contributed by atoms with Gasteiger partial charge in [-0.2, -0.15) is 0 Å². The number of hydrogen-bond donors (Lipinski definition) is 1. The van der Waals surface area contributed by atoms with E-state index >= 15 is 0 Å². The minimum atomic E-state index is -0.478. The van der Waals surface area contributed by atoms with Crippen LogP contribution in [0.5, 0.6) is 0 Å². The summed E-state index contributed by atoms with van der Waals surface area (Å²) in [5.41, 5.74) is 0.760. The topological polar surface area (TPSA) is 20.2 Å². The molecule has 1 N–H and O–H groups in total. The van der Waals surface area contributed by atoms with E-state index in [2.05, 4.69) is 35.0 Å². The number of hydrogen-bond acceptors (Lipinski definition) is 1. The molecule has 1 fully saturated rings. The Hall–Kier alpha value is -0.340. The van der Waals surface area contributed by atoms with Crippen molar-refractivity contribution in [3.05, 3.63) is 34.3 Å². The molecule has 94 valence electrons. The monoisotopic (exact) mass is 296 g/mol. The van der Waals surface area contributed by atoms with Gasteiger partial charge in [-0.05, 0) is 36.5 Å². The highest BCUT2D eigenvalue weighted by atomic mass is 79.9. The highest BCUT2D eigenvalue weighted by Gasteiger charge is 2.37. The smallest absolute Gasteiger partial charge is 0.0715 e. The number of aliphatic hydroxyl groups is 1. The van der Waals surface area contributed by atoms with E-state index in [0.29, 0.717) is 5.92 Å². The fourth-order valence-electron chi connectivity index (χ4n) is 3.11. The van der Waals surface area contributed by atoms with Gasteiger partial charge in [0.05, 0.1) is 5.60 Å². The molecule has 1 aromatic rings. The fraction of sp³-hybridized carbons (Fsp3) is 0.600. The van der Waals surface area contributed by atoms with Gasteiger partial charge in [0, 0.05) is 10.9 Å². The SMILES string of the molecule is CCC1CCCCC1(O)Cc1cccc(Br)c1. The molecule has 2 rings (SSSR count). The Morgan fingerprint density at radius 2 is 2.24 bits per heavy atom. The summed E-state index contributed by atoms with van der Waals surface area (Å²) in [6, 6.07) is 8.32. The van der Waals surface area contributed by atoms with Crippen molar-refractivity contribution in [3.8, 4) is 0 Å². The standard InChI is InChI=1S/C15H21BrO/c1-2-13-7-3-4-9-15(13,17)11-12-6-5-8-14(16)10-12/h5-6,8,10,13,17H,2-4,7,9,11H2,1H3. The zero-order chi connectivity index (χ0) is 12.3. The van der Waals surface area contributed by atoms with Gasteiger partial charge in [-0.3, -0.25) is 0 Å². The number of benzene rings is 1. The van der Waals surface area contributed by atoms with Gasteiger partial charge in [0.2, 0.25) is 0 Å². The summed E-state index contributed by atoms with van der Waals surface area (Å²) in [4.78, 5) is 0. The van der Waals surface area contributed by atoms with Gasteiger partial charge >= 0.3 is 0 Å². The molecular formula is C15H21BrO. The summed E-state index contributed by atoms with van der Waals surface area (Å²) in [5, 5.41) is 10.9. The van der Waals surface area contributed by atoms with Crippen LogP contribution in [0.25, 0.3) is 0 Å². The first kappa shape index (κ1) is 13.1. The van der Waals surface area contributed by atoms with Crippen LogP contribution in [0.2, 0.25) is 0 Å². The molecule has 0 amide bonds. The van der Waals surface area contributed by atoms with Gasteiger partial charge in [0.1, 0.15) is 0 Å². The highest BCUT2D eigenvalue weighted by Crippen LogP contribution is 2.38. The third kappa shape index (κ3) is 3.11. The van der Waals surface area contributed by atoms with Crippen LogP contribution in [-0.2, 0) is 6.42 Å². The normalized spacial score (nSPS) is 29.2. The van der Waals surface area contributed by atoms with Gasteiger partial charge in [-0.15, -0.1) is 0 Å². The van der Waals surface area contributed by atoms with Crippen LogP contribution >= 0.6 is 15.9 Å². The van der Waals surface area contributed by atoms with Gasteiger partial charge in [0.15, 0.2) is 0 Å². The summed E-state index contributed by atoms with van der Waals surface area (Å²) in [6.07, 6.45) is 6.47. The van der Waals surface area contributed by atoms with Crippen molar-refractivity contribution in [2.75, 3.05) is 0 Å². The Labute approximate surface area is 112 Å². The molecule has 1 nitrogen and oxygen atoms in total. The van der Waals surface area contributed by atoms with Crippen LogP contribution in [0.15, 0.2) is 28.7 Å². The van der Waals surface area contributed by atoms with Crippen molar-refractivity contribution in [3.63, 3.8) is 0 Å². The van der Waals surface area contributed by atoms with Gasteiger partial charge < -0.3 is 5.11 Å². The molecule has 1 aromatic carbocycles. The molecule has 0 spiro atoms. The molecule has 1 aliphatic rings. The van der Waals surface area contributed by atoms with E-state index in [4.69, 9.17) is 0 Å². The second kappa shape index (κ2) is 5.53. The molecule has 2 unspecified atom stereocenters. The second-order valence-electron chi connectivity index (χ2n) is 5.26. The Morgan fingerprint density at radius 1 is 1.41 bits per heavy atom. The molecule has 0 heterocycles. The summed E-state index contributed by atoms with van der Waals surface area (Å²) >= 11 is 3.50. The maximum absolute atomic E-state index is 10.9. The lowest BCUT2D eigenvalue weighted by Gasteiger charge is -2.40. The van der Waals surface area contributed by atoms with Crippen molar-refractivity contribution < 1.29 is 5.11 Å². The Balaban J connectivity index is 2.14. The predicted molar refractivity (Wildman–Crippen MR) is 75.0 cm³/mol. The van der Waals surface area contributed by atoms with E-state index in [0.717, 1.165) is 23.7 Å². The highest BCUT2D eigenvalue weighted by molar-refractivity contribution is 9.10. The minimum Gasteiger partial charge on any atom is -0.389 e. The van der Waals surface area contributed by atoms with E-state index in [1.54, 1.807) is 0 Å². The fourth-order valence-corrected chi connectivity index (χ4v) is 3.56. The second-order valence-corrected chi connectivity index (χ2v) is 6.18. The van der Waals surface area contributed by atoms with Crippen molar-refractivity contribution >= 4 is 15.9 Å². The first-order valence-electron chi connectivity index (χ1n) is 6.61. The third-order valence-corrected chi connectivity index (χ3v) is 4.56. The van der Waals surface area contributed by atoms with Gasteiger partial charge in [0.25, 0.3) is 0 Å². The Morgan fingerprint density at radius 3 is 2.94 bits per heavy atom. The van der Waals surface area contributed by atoms with Crippen molar-refractivity contribution in [2.45, 2.75) is 51.0 Å². The van der Waals surface area contributed by atoms with Crippen LogP contribution in [-0.4, -0.2) is 10.7 Å². The maximum Gasteiger partial charge on any atom is 0.0715 e. The van der Waals surface area contributed by atoms with Crippen LogP contribution in [0.4, 0.5) is 0 Å².